The Hall–Kier alpha value is -1.09. The Morgan fingerprint density at radius 2 is 1.71 bits per heavy atom. The summed E-state index contributed by atoms with van der Waals surface area (Å²) in [6.45, 7) is 11.0. The molecule has 0 spiro atoms. The van der Waals surface area contributed by atoms with Crippen LogP contribution in [0.3, 0.4) is 0 Å². The maximum absolute atomic E-state index is 9.25. The Kier molecular flexibility index (Phi) is 18.6. The van der Waals surface area contributed by atoms with Crippen LogP contribution in [0.4, 0.5) is 0 Å². The van der Waals surface area contributed by atoms with Crippen molar-refractivity contribution in [2.75, 3.05) is 13.1 Å². The van der Waals surface area contributed by atoms with Crippen LogP contribution in [0, 0.1) is 0 Å². The van der Waals surface area contributed by atoms with Gasteiger partial charge in [-0.25, -0.2) is 4.79 Å². The lowest BCUT2D eigenvalue weighted by Gasteiger charge is -2.01. The van der Waals surface area contributed by atoms with Crippen molar-refractivity contribution in [2.45, 2.75) is 45.4 Å². The van der Waals surface area contributed by atoms with Crippen molar-refractivity contribution in [3.8, 4) is 0 Å². The van der Waals surface area contributed by atoms with Gasteiger partial charge in [-0.1, -0.05) is 51.7 Å². The molecule has 0 amide bonds. The number of rotatable bonds is 10. The highest BCUT2D eigenvalue weighted by molar-refractivity contribution is 5.78. The van der Waals surface area contributed by atoms with Crippen LogP contribution in [-0.4, -0.2) is 24.2 Å². The number of unbranched alkanes of at least 4 members (excludes halogenated alkanes) is 5. The van der Waals surface area contributed by atoms with E-state index in [4.69, 9.17) is 5.11 Å². The molecule has 3 heteroatoms. The van der Waals surface area contributed by atoms with Gasteiger partial charge in [0.1, 0.15) is 0 Å². The highest BCUT2D eigenvalue weighted by Gasteiger charge is 1.88. The van der Waals surface area contributed by atoms with Gasteiger partial charge >= 0.3 is 5.97 Å². The van der Waals surface area contributed by atoms with E-state index in [1.807, 2.05) is 6.08 Å². The van der Waals surface area contributed by atoms with Gasteiger partial charge in [0, 0.05) is 12.6 Å². The Bertz CT molecular complexity index is 191. The first-order valence-corrected chi connectivity index (χ1v) is 6.36. The topological polar surface area (TPSA) is 49.3 Å². The fourth-order valence-electron chi connectivity index (χ4n) is 1.23. The predicted molar refractivity (Wildman–Crippen MR) is 74.3 cm³/mol. The normalized spacial score (nSPS) is 9.00. The first-order valence-electron chi connectivity index (χ1n) is 6.36. The summed E-state index contributed by atoms with van der Waals surface area (Å²) in [5.41, 5.74) is 0. The van der Waals surface area contributed by atoms with Crippen LogP contribution in [-0.2, 0) is 4.79 Å². The van der Waals surface area contributed by atoms with Crippen LogP contribution in [0.2, 0.25) is 0 Å². The van der Waals surface area contributed by atoms with Gasteiger partial charge in [0.25, 0.3) is 0 Å². The van der Waals surface area contributed by atoms with E-state index >= 15 is 0 Å². The van der Waals surface area contributed by atoms with E-state index in [0.717, 1.165) is 19.2 Å². The maximum Gasteiger partial charge on any atom is 0.327 e. The summed E-state index contributed by atoms with van der Waals surface area (Å²) in [7, 11) is 0. The van der Waals surface area contributed by atoms with E-state index in [2.05, 4.69) is 25.4 Å². The van der Waals surface area contributed by atoms with Gasteiger partial charge in [0.15, 0.2) is 0 Å². The molecule has 0 unspecified atom stereocenters. The largest absolute Gasteiger partial charge is 0.478 e. The van der Waals surface area contributed by atoms with Crippen molar-refractivity contribution in [1.82, 2.24) is 5.32 Å². The molecule has 17 heavy (non-hydrogen) atoms. The molecule has 0 heterocycles. The number of hydrogen-bond acceptors (Lipinski definition) is 2. The molecule has 0 rings (SSSR count). The first-order chi connectivity index (χ1) is 8.18. The van der Waals surface area contributed by atoms with Crippen molar-refractivity contribution in [3.05, 3.63) is 25.3 Å². The lowest BCUT2D eigenvalue weighted by atomic mass is 10.1. The third kappa shape index (κ3) is 25.3. The fraction of sp³-hybridized carbons (Fsp3) is 0.643. The van der Waals surface area contributed by atoms with E-state index in [0.29, 0.717) is 0 Å². The fourth-order valence-corrected chi connectivity index (χ4v) is 1.23. The van der Waals surface area contributed by atoms with Crippen molar-refractivity contribution in [1.29, 1.82) is 0 Å². The van der Waals surface area contributed by atoms with Gasteiger partial charge in [-0.05, 0) is 13.0 Å². The molecular weight excluding hydrogens is 214 g/mol. The average Bonchev–Trinajstić information content (AvgIpc) is 2.33. The van der Waals surface area contributed by atoms with E-state index in [1.54, 1.807) is 0 Å². The molecule has 0 radical (unpaired) electrons. The van der Waals surface area contributed by atoms with Crippen molar-refractivity contribution in [3.63, 3.8) is 0 Å². The molecule has 3 nitrogen and oxygen atoms in total. The zero-order valence-corrected chi connectivity index (χ0v) is 11.1. The molecule has 0 saturated carbocycles. The standard InChI is InChI=1S/C11H23N.C3H4O2/c1-3-5-6-7-8-9-11-12-10-4-2;1-2-3(4)5/h4,12H,2-3,5-11H2,1H3;2H,1H2,(H,4,5). The van der Waals surface area contributed by atoms with Gasteiger partial charge < -0.3 is 10.4 Å². The summed E-state index contributed by atoms with van der Waals surface area (Å²) in [4.78, 5) is 9.25. The molecule has 0 atom stereocenters. The second-order valence-corrected chi connectivity index (χ2v) is 3.80. The SMILES string of the molecule is C=CC(=O)O.C=CCNCCCCCCCC. The number of carboxylic acid groups (broad SMARTS) is 1. The van der Waals surface area contributed by atoms with Crippen molar-refractivity contribution < 1.29 is 9.90 Å². The Morgan fingerprint density at radius 3 is 2.18 bits per heavy atom. The summed E-state index contributed by atoms with van der Waals surface area (Å²) in [5, 5.41) is 10.9. The molecule has 0 aliphatic heterocycles. The molecule has 0 aromatic heterocycles. The van der Waals surface area contributed by atoms with E-state index in [9.17, 15) is 4.79 Å². The molecule has 0 saturated heterocycles. The van der Waals surface area contributed by atoms with Crippen LogP contribution in [0.1, 0.15) is 45.4 Å². The van der Waals surface area contributed by atoms with Crippen LogP contribution >= 0.6 is 0 Å². The summed E-state index contributed by atoms with van der Waals surface area (Å²) >= 11 is 0. The minimum Gasteiger partial charge on any atom is -0.478 e. The average molecular weight is 241 g/mol. The van der Waals surface area contributed by atoms with Crippen LogP contribution in [0.25, 0.3) is 0 Å². The van der Waals surface area contributed by atoms with E-state index < -0.39 is 5.97 Å². The van der Waals surface area contributed by atoms with Gasteiger partial charge in [-0.3, -0.25) is 0 Å². The second kappa shape index (κ2) is 17.3. The van der Waals surface area contributed by atoms with Crippen molar-refractivity contribution in [2.24, 2.45) is 0 Å². The summed E-state index contributed by atoms with van der Waals surface area (Å²) in [6.07, 6.45) is 11.0. The third-order valence-corrected chi connectivity index (χ3v) is 2.17. The lowest BCUT2D eigenvalue weighted by Crippen LogP contribution is -2.14. The monoisotopic (exact) mass is 241 g/mol. The number of carboxylic acids is 1. The highest BCUT2D eigenvalue weighted by Crippen LogP contribution is 2.03. The third-order valence-electron chi connectivity index (χ3n) is 2.17. The molecular formula is C14H27NO2. The maximum atomic E-state index is 9.25. The number of aliphatic carboxylic acids is 1. The van der Waals surface area contributed by atoms with Gasteiger partial charge in [-0.2, -0.15) is 0 Å². The molecule has 100 valence electrons. The quantitative estimate of drug-likeness (QED) is 0.350. The van der Waals surface area contributed by atoms with Gasteiger partial charge in [-0.15, -0.1) is 6.58 Å². The van der Waals surface area contributed by atoms with Crippen LogP contribution in [0.5, 0.6) is 0 Å². The van der Waals surface area contributed by atoms with Crippen LogP contribution in [0.15, 0.2) is 25.3 Å². The zero-order chi connectivity index (χ0) is 13.4. The van der Waals surface area contributed by atoms with E-state index in [1.165, 1.54) is 38.5 Å². The van der Waals surface area contributed by atoms with Gasteiger partial charge in [0.05, 0.1) is 0 Å². The van der Waals surface area contributed by atoms with Crippen LogP contribution < -0.4 is 5.32 Å². The molecule has 2 N–H and O–H groups in total. The summed E-state index contributed by atoms with van der Waals surface area (Å²) in [6, 6.07) is 0. The number of hydrogen-bond donors (Lipinski definition) is 2. The van der Waals surface area contributed by atoms with Gasteiger partial charge in [0.2, 0.25) is 0 Å². The highest BCUT2D eigenvalue weighted by atomic mass is 16.4. The minimum atomic E-state index is -0.981. The molecule has 0 aliphatic carbocycles. The molecule has 0 fully saturated rings. The predicted octanol–water partition coefficient (Wildman–Crippen LogP) is 3.38. The molecule has 0 aromatic rings. The minimum absolute atomic E-state index is 0.833. The smallest absolute Gasteiger partial charge is 0.327 e. The Balaban J connectivity index is 0. The summed E-state index contributed by atoms with van der Waals surface area (Å²) < 4.78 is 0. The Labute approximate surface area is 106 Å². The number of carbonyl (C=O) groups is 1. The zero-order valence-electron chi connectivity index (χ0n) is 11.1. The lowest BCUT2D eigenvalue weighted by molar-refractivity contribution is -0.131. The van der Waals surface area contributed by atoms with E-state index in [-0.39, 0.29) is 0 Å². The number of nitrogens with one attached hydrogen (secondary N) is 1. The Morgan fingerprint density at radius 1 is 1.18 bits per heavy atom. The molecule has 0 aliphatic rings. The molecule has 0 aromatic carbocycles. The summed E-state index contributed by atoms with van der Waals surface area (Å²) in [5.74, 6) is -0.981. The second-order valence-electron chi connectivity index (χ2n) is 3.80. The van der Waals surface area contributed by atoms with Crippen molar-refractivity contribution >= 4 is 5.97 Å². The first kappa shape index (κ1) is 18.3. The molecule has 0 bridgehead atoms.